The number of fused-ring (bicyclic) bond motifs is 1. The van der Waals surface area contributed by atoms with Crippen molar-refractivity contribution in [2.24, 2.45) is 0 Å². The second kappa shape index (κ2) is 5.02. The largest absolute Gasteiger partial charge is 0.425 e. The Hall–Kier alpha value is -2.87. The van der Waals surface area contributed by atoms with E-state index in [9.17, 15) is 4.39 Å². The van der Waals surface area contributed by atoms with Gasteiger partial charge in [0.15, 0.2) is 5.82 Å². The normalized spacial score (nSPS) is 10.1. The molecule has 1 aromatic carbocycles. The molecule has 0 saturated heterocycles. The fraction of sp³-hybridized carbons (Fsp3) is 0.0667. The molecule has 0 fully saturated rings. The number of aromatic nitrogens is 2. The second-order valence-corrected chi connectivity index (χ2v) is 4.04. The molecule has 0 atom stereocenters. The van der Waals surface area contributed by atoms with Crippen molar-refractivity contribution in [2.45, 2.75) is 0 Å². The third kappa shape index (κ3) is 2.31. The molecule has 20 heavy (non-hydrogen) atoms. The van der Waals surface area contributed by atoms with Crippen molar-refractivity contribution in [3.63, 3.8) is 0 Å². The minimum absolute atomic E-state index is 0.0299. The summed E-state index contributed by atoms with van der Waals surface area (Å²) in [5.74, 6) is 5.33. The van der Waals surface area contributed by atoms with E-state index in [2.05, 4.69) is 27.1 Å². The number of oxazole rings is 1. The molecule has 0 unspecified atom stereocenters. The van der Waals surface area contributed by atoms with Gasteiger partial charge in [-0.05, 0) is 36.3 Å². The number of nitrogens with one attached hydrogen (secondary N) is 1. The van der Waals surface area contributed by atoms with Crippen LogP contribution in [0.15, 0.2) is 40.9 Å². The lowest BCUT2D eigenvalue weighted by Gasteiger charge is -1.97. The van der Waals surface area contributed by atoms with Crippen LogP contribution in [0.1, 0.15) is 11.5 Å². The van der Waals surface area contributed by atoms with Gasteiger partial charge in [0.25, 0.3) is 5.89 Å². The van der Waals surface area contributed by atoms with Crippen LogP contribution in [0.5, 0.6) is 0 Å². The van der Waals surface area contributed by atoms with Gasteiger partial charge in [-0.15, -0.1) is 0 Å². The zero-order chi connectivity index (χ0) is 13.9. The van der Waals surface area contributed by atoms with Crippen LogP contribution in [-0.2, 0) is 0 Å². The molecule has 2 aromatic heterocycles. The van der Waals surface area contributed by atoms with E-state index in [4.69, 9.17) is 4.42 Å². The number of pyridine rings is 1. The molecule has 0 radical (unpaired) electrons. The zero-order valence-electron chi connectivity index (χ0n) is 10.6. The average Bonchev–Trinajstić information content (AvgIpc) is 2.90. The SMILES string of the molecule is CNc1ccc(C#Cc2nc3nccc(F)c3o2)cc1. The Bertz CT molecular complexity index is 812. The van der Waals surface area contributed by atoms with E-state index in [1.54, 1.807) is 0 Å². The first-order valence-electron chi connectivity index (χ1n) is 5.97. The summed E-state index contributed by atoms with van der Waals surface area (Å²) in [6.07, 6.45) is 1.34. The average molecular weight is 267 g/mol. The maximum Gasteiger partial charge on any atom is 0.276 e. The highest BCUT2D eigenvalue weighted by molar-refractivity contribution is 5.68. The van der Waals surface area contributed by atoms with E-state index < -0.39 is 5.82 Å². The molecule has 1 N–H and O–H groups in total. The Morgan fingerprint density at radius 3 is 2.65 bits per heavy atom. The number of anilines is 1. The second-order valence-electron chi connectivity index (χ2n) is 4.04. The molecule has 0 amide bonds. The van der Waals surface area contributed by atoms with Crippen molar-refractivity contribution in [1.82, 2.24) is 9.97 Å². The van der Waals surface area contributed by atoms with Gasteiger partial charge in [0.2, 0.25) is 11.2 Å². The quantitative estimate of drug-likeness (QED) is 0.689. The van der Waals surface area contributed by atoms with E-state index in [0.29, 0.717) is 0 Å². The summed E-state index contributed by atoms with van der Waals surface area (Å²) in [5.41, 5.74) is 2.07. The maximum atomic E-state index is 13.4. The smallest absolute Gasteiger partial charge is 0.276 e. The van der Waals surface area contributed by atoms with Crippen molar-refractivity contribution >= 4 is 16.9 Å². The number of rotatable bonds is 1. The molecule has 0 spiro atoms. The van der Waals surface area contributed by atoms with Crippen molar-refractivity contribution in [2.75, 3.05) is 12.4 Å². The summed E-state index contributed by atoms with van der Waals surface area (Å²) >= 11 is 0. The standard InChI is InChI=1S/C15H10FN3O/c1-17-11-5-2-10(3-6-11)4-7-13-19-15-14(20-13)12(16)8-9-18-15/h2-3,5-6,8-9,17H,1H3. The Labute approximate surface area is 114 Å². The molecule has 3 rings (SSSR count). The van der Waals surface area contributed by atoms with E-state index in [1.165, 1.54) is 12.3 Å². The molecule has 0 bridgehead atoms. The number of hydrogen-bond acceptors (Lipinski definition) is 4. The Morgan fingerprint density at radius 1 is 1.15 bits per heavy atom. The molecule has 98 valence electrons. The lowest BCUT2D eigenvalue weighted by atomic mass is 10.2. The summed E-state index contributed by atoms with van der Waals surface area (Å²) in [7, 11) is 1.85. The minimum atomic E-state index is -0.492. The van der Waals surface area contributed by atoms with Gasteiger partial charge >= 0.3 is 0 Å². The molecule has 0 aliphatic carbocycles. The van der Waals surface area contributed by atoms with Gasteiger partial charge in [-0.2, -0.15) is 4.98 Å². The Balaban J connectivity index is 1.93. The molecule has 4 nitrogen and oxygen atoms in total. The molecule has 3 aromatic rings. The molecular formula is C15H10FN3O. The summed E-state index contributed by atoms with van der Waals surface area (Å²) in [6, 6.07) is 8.80. The first-order valence-corrected chi connectivity index (χ1v) is 5.97. The highest BCUT2D eigenvalue weighted by atomic mass is 19.1. The summed E-state index contributed by atoms with van der Waals surface area (Å²) in [6.45, 7) is 0. The van der Waals surface area contributed by atoms with Crippen LogP contribution < -0.4 is 5.32 Å². The summed E-state index contributed by atoms with van der Waals surface area (Å²) in [4.78, 5) is 7.94. The number of benzene rings is 1. The van der Waals surface area contributed by atoms with E-state index in [1.807, 2.05) is 31.3 Å². The van der Waals surface area contributed by atoms with Crippen molar-refractivity contribution in [3.05, 3.63) is 53.8 Å². The summed E-state index contributed by atoms with van der Waals surface area (Å²) < 4.78 is 18.6. The van der Waals surface area contributed by atoms with Gasteiger partial charge in [0.1, 0.15) is 0 Å². The third-order valence-corrected chi connectivity index (χ3v) is 2.73. The van der Waals surface area contributed by atoms with Crippen molar-refractivity contribution in [3.8, 4) is 11.8 Å². The van der Waals surface area contributed by atoms with Crippen molar-refractivity contribution in [1.29, 1.82) is 0 Å². The van der Waals surface area contributed by atoms with Crippen LogP contribution in [0, 0.1) is 17.7 Å². The van der Waals surface area contributed by atoms with Gasteiger partial charge in [0, 0.05) is 24.5 Å². The van der Waals surface area contributed by atoms with Crippen LogP contribution in [-0.4, -0.2) is 17.0 Å². The molecule has 0 aliphatic heterocycles. The molecule has 0 saturated carbocycles. The van der Waals surface area contributed by atoms with Crippen LogP contribution in [0.4, 0.5) is 10.1 Å². The third-order valence-electron chi connectivity index (χ3n) is 2.73. The fourth-order valence-corrected chi connectivity index (χ4v) is 1.70. The molecular weight excluding hydrogens is 257 g/mol. The van der Waals surface area contributed by atoms with Crippen LogP contribution in [0.3, 0.4) is 0 Å². The Kier molecular flexibility index (Phi) is 3.05. The van der Waals surface area contributed by atoms with Gasteiger partial charge in [-0.1, -0.05) is 5.92 Å². The van der Waals surface area contributed by atoms with Gasteiger partial charge in [-0.3, -0.25) is 0 Å². The van der Waals surface area contributed by atoms with E-state index >= 15 is 0 Å². The molecule has 5 heteroatoms. The van der Waals surface area contributed by atoms with Gasteiger partial charge < -0.3 is 9.73 Å². The van der Waals surface area contributed by atoms with Crippen LogP contribution in [0.25, 0.3) is 11.2 Å². The number of halogens is 1. The Morgan fingerprint density at radius 2 is 1.95 bits per heavy atom. The predicted octanol–water partition coefficient (Wildman–Crippen LogP) is 2.80. The highest BCUT2D eigenvalue weighted by Crippen LogP contribution is 2.16. The van der Waals surface area contributed by atoms with Crippen LogP contribution in [0.2, 0.25) is 0 Å². The first kappa shape index (κ1) is 12.2. The number of hydrogen-bond donors (Lipinski definition) is 1. The lowest BCUT2D eigenvalue weighted by Crippen LogP contribution is -1.86. The summed E-state index contributed by atoms with van der Waals surface area (Å²) in [5, 5.41) is 3.02. The lowest BCUT2D eigenvalue weighted by molar-refractivity contribution is 0.544. The fourth-order valence-electron chi connectivity index (χ4n) is 1.70. The minimum Gasteiger partial charge on any atom is -0.425 e. The topological polar surface area (TPSA) is 51.0 Å². The van der Waals surface area contributed by atoms with E-state index in [-0.39, 0.29) is 17.1 Å². The van der Waals surface area contributed by atoms with Gasteiger partial charge in [0.05, 0.1) is 0 Å². The highest BCUT2D eigenvalue weighted by Gasteiger charge is 2.08. The predicted molar refractivity (Wildman–Crippen MR) is 73.7 cm³/mol. The van der Waals surface area contributed by atoms with Crippen LogP contribution >= 0.6 is 0 Å². The molecule has 0 aliphatic rings. The van der Waals surface area contributed by atoms with E-state index in [0.717, 1.165) is 11.3 Å². The monoisotopic (exact) mass is 267 g/mol. The number of nitrogens with zero attached hydrogens (tertiary/aromatic N) is 2. The van der Waals surface area contributed by atoms with Gasteiger partial charge in [-0.25, -0.2) is 9.37 Å². The van der Waals surface area contributed by atoms with Crippen molar-refractivity contribution < 1.29 is 8.81 Å². The molecule has 2 heterocycles. The zero-order valence-corrected chi connectivity index (χ0v) is 10.6. The maximum absolute atomic E-state index is 13.4. The first-order chi connectivity index (χ1) is 9.76.